The van der Waals surface area contributed by atoms with Crippen LogP contribution in [-0.2, 0) is 0 Å². The fourth-order valence-corrected chi connectivity index (χ4v) is 2.56. The van der Waals surface area contributed by atoms with E-state index in [0.29, 0.717) is 0 Å². The smallest absolute Gasteiger partial charge is 0.125 e. The van der Waals surface area contributed by atoms with Gasteiger partial charge in [-0.15, -0.1) is 0 Å². The first kappa shape index (κ1) is 10.2. The van der Waals surface area contributed by atoms with Gasteiger partial charge in [-0.3, -0.25) is 0 Å². The van der Waals surface area contributed by atoms with Crippen molar-refractivity contribution in [3.8, 4) is 0 Å². The van der Waals surface area contributed by atoms with Crippen LogP contribution in [0.3, 0.4) is 0 Å². The quantitative estimate of drug-likeness (QED) is 0.796. The molecule has 2 aromatic carbocycles. The van der Waals surface area contributed by atoms with Crippen molar-refractivity contribution >= 4 is 11.4 Å². The molecule has 0 saturated heterocycles. The fraction of sp³-hybridized carbons (Fsp3) is 0.200. The number of rotatable bonds is 1. The van der Waals surface area contributed by atoms with Gasteiger partial charge in [0.1, 0.15) is 6.17 Å². The molecule has 2 aromatic rings. The molecule has 1 aliphatic heterocycles. The maximum absolute atomic E-state index is 3.57. The van der Waals surface area contributed by atoms with Gasteiger partial charge in [0, 0.05) is 7.05 Å². The van der Waals surface area contributed by atoms with Crippen LogP contribution in [-0.4, -0.2) is 7.05 Å². The third kappa shape index (κ3) is 1.57. The van der Waals surface area contributed by atoms with E-state index in [9.17, 15) is 0 Å². The van der Waals surface area contributed by atoms with Crippen LogP contribution in [0, 0.1) is 6.92 Å². The first-order valence-corrected chi connectivity index (χ1v) is 5.91. The van der Waals surface area contributed by atoms with Gasteiger partial charge in [0.15, 0.2) is 0 Å². The summed E-state index contributed by atoms with van der Waals surface area (Å²) in [7, 11) is 2.14. The Hall–Kier alpha value is -1.96. The summed E-state index contributed by atoms with van der Waals surface area (Å²) in [6, 6.07) is 16.9. The van der Waals surface area contributed by atoms with E-state index in [2.05, 4.69) is 72.7 Å². The molecule has 1 N–H and O–H groups in total. The van der Waals surface area contributed by atoms with Gasteiger partial charge in [0.25, 0.3) is 0 Å². The minimum Gasteiger partial charge on any atom is -0.360 e. The first-order chi connectivity index (χ1) is 8.27. The number of hydrogen-bond acceptors (Lipinski definition) is 2. The van der Waals surface area contributed by atoms with Gasteiger partial charge in [-0.1, -0.05) is 42.5 Å². The molecular weight excluding hydrogens is 208 g/mol. The van der Waals surface area contributed by atoms with Crippen LogP contribution in [0.2, 0.25) is 0 Å². The molecule has 2 heteroatoms. The number of nitrogens with zero attached hydrogens (tertiary/aromatic N) is 1. The van der Waals surface area contributed by atoms with E-state index in [1.807, 2.05) is 0 Å². The third-order valence-corrected chi connectivity index (χ3v) is 3.39. The molecule has 2 nitrogen and oxygen atoms in total. The average molecular weight is 224 g/mol. The second kappa shape index (κ2) is 3.81. The van der Waals surface area contributed by atoms with Crippen LogP contribution in [0.4, 0.5) is 11.4 Å². The van der Waals surface area contributed by atoms with Gasteiger partial charge >= 0.3 is 0 Å². The molecule has 0 saturated carbocycles. The molecule has 0 spiro atoms. The lowest BCUT2D eigenvalue weighted by atomic mass is 10.1. The molecule has 3 rings (SSSR count). The highest BCUT2D eigenvalue weighted by Crippen LogP contribution is 2.41. The molecule has 0 fully saturated rings. The minimum absolute atomic E-state index is 0.243. The SMILES string of the molecule is Cc1cccc2c1N(C)C(c1ccccc1)N2. The Morgan fingerprint density at radius 1 is 1.00 bits per heavy atom. The van der Waals surface area contributed by atoms with E-state index < -0.39 is 0 Å². The number of hydrogen-bond donors (Lipinski definition) is 1. The number of anilines is 2. The minimum atomic E-state index is 0.243. The molecule has 17 heavy (non-hydrogen) atoms. The Kier molecular flexibility index (Phi) is 2.29. The molecule has 0 bridgehead atoms. The molecule has 1 atom stereocenters. The second-order valence-electron chi connectivity index (χ2n) is 4.54. The maximum Gasteiger partial charge on any atom is 0.125 e. The standard InChI is InChI=1S/C15H16N2/c1-11-7-6-10-13-14(11)17(2)15(16-13)12-8-4-3-5-9-12/h3-10,15-16H,1-2H3. The molecular formula is C15H16N2. The highest BCUT2D eigenvalue weighted by Gasteiger charge is 2.27. The highest BCUT2D eigenvalue weighted by molar-refractivity contribution is 5.79. The molecule has 86 valence electrons. The number of fused-ring (bicyclic) bond motifs is 1. The van der Waals surface area contributed by atoms with Crippen molar-refractivity contribution in [2.24, 2.45) is 0 Å². The molecule has 0 aliphatic carbocycles. The predicted molar refractivity (Wildman–Crippen MR) is 72.4 cm³/mol. The van der Waals surface area contributed by atoms with E-state index in [4.69, 9.17) is 0 Å². The molecule has 1 unspecified atom stereocenters. The summed E-state index contributed by atoms with van der Waals surface area (Å²) in [6.45, 7) is 2.16. The van der Waals surface area contributed by atoms with Gasteiger partial charge in [-0.2, -0.15) is 0 Å². The summed E-state index contributed by atoms with van der Waals surface area (Å²) in [5, 5.41) is 3.57. The molecule has 0 amide bonds. The monoisotopic (exact) mass is 224 g/mol. The van der Waals surface area contributed by atoms with Crippen molar-refractivity contribution in [2.75, 3.05) is 17.3 Å². The topological polar surface area (TPSA) is 15.3 Å². The number of aryl methyl sites for hydroxylation is 1. The molecule has 1 heterocycles. The third-order valence-electron chi connectivity index (χ3n) is 3.39. The Balaban J connectivity index is 2.02. The van der Waals surface area contributed by atoms with E-state index in [-0.39, 0.29) is 6.17 Å². The van der Waals surface area contributed by atoms with Crippen LogP contribution >= 0.6 is 0 Å². The van der Waals surface area contributed by atoms with Crippen molar-refractivity contribution < 1.29 is 0 Å². The van der Waals surface area contributed by atoms with Crippen LogP contribution < -0.4 is 10.2 Å². The largest absolute Gasteiger partial charge is 0.360 e. The summed E-state index contributed by atoms with van der Waals surface area (Å²) in [5.41, 5.74) is 5.14. The summed E-state index contributed by atoms with van der Waals surface area (Å²) in [6.07, 6.45) is 0.243. The first-order valence-electron chi connectivity index (χ1n) is 5.91. The van der Waals surface area contributed by atoms with Crippen LogP contribution in [0.5, 0.6) is 0 Å². The number of nitrogens with one attached hydrogen (secondary N) is 1. The van der Waals surface area contributed by atoms with Crippen molar-refractivity contribution in [2.45, 2.75) is 13.1 Å². The van der Waals surface area contributed by atoms with Crippen LogP contribution in [0.1, 0.15) is 17.3 Å². The summed E-state index contributed by atoms with van der Waals surface area (Å²) >= 11 is 0. The van der Waals surface area contributed by atoms with E-state index in [1.54, 1.807) is 0 Å². The van der Waals surface area contributed by atoms with E-state index >= 15 is 0 Å². The van der Waals surface area contributed by atoms with Gasteiger partial charge in [0.2, 0.25) is 0 Å². The Morgan fingerprint density at radius 3 is 2.47 bits per heavy atom. The fourth-order valence-electron chi connectivity index (χ4n) is 2.56. The summed E-state index contributed by atoms with van der Waals surface area (Å²) in [4.78, 5) is 2.31. The predicted octanol–water partition coefficient (Wildman–Crippen LogP) is 3.56. The zero-order valence-electron chi connectivity index (χ0n) is 10.1. The Labute approximate surface area is 102 Å². The van der Waals surface area contributed by atoms with Crippen LogP contribution in [0.15, 0.2) is 48.5 Å². The molecule has 0 radical (unpaired) electrons. The number of para-hydroxylation sites is 1. The molecule has 1 aliphatic rings. The lowest BCUT2D eigenvalue weighted by molar-refractivity contribution is 0.790. The van der Waals surface area contributed by atoms with Crippen LogP contribution in [0.25, 0.3) is 0 Å². The van der Waals surface area contributed by atoms with Gasteiger partial charge in [0.05, 0.1) is 11.4 Å². The Morgan fingerprint density at radius 2 is 1.76 bits per heavy atom. The zero-order valence-corrected chi connectivity index (χ0v) is 10.1. The summed E-state index contributed by atoms with van der Waals surface area (Å²) in [5.74, 6) is 0. The van der Waals surface area contributed by atoms with Crippen molar-refractivity contribution in [3.05, 3.63) is 59.7 Å². The normalized spacial score (nSPS) is 17.8. The lowest BCUT2D eigenvalue weighted by Crippen LogP contribution is -2.23. The molecule has 0 aromatic heterocycles. The maximum atomic E-state index is 3.57. The second-order valence-corrected chi connectivity index (χ2v) is 4.54. The highest BCUT2D eigenvalue weighted by atomic mass is 15.3. The lowest BCUT2D eigenvalue weighted by Gasteiger charge is -2.23. The number of benzene rings is 2. The zero-order chi connectivity index (χ0) is 11.8. The van der Waals surface area contributed by atoms with Crippen molar-refractivity contribution in [1.29, 1.82) is 0 Å². The van der Waals surface area contributed by atoms with E-state index in [0.717, 1.165) is 0 Å². The Bertz CT molecular complexity index is 534. The van der Waals surface area contributed by atoms with Gasteiger partial charge < -0.3 is 10.2 Å². The average Bonchev–Trinajstić information content (AvgIpc) is 2.69. The van der Waals surface area contributed by atoms with Crippen molar-refractivity contribution in [3.63, 3.8) is 0 Å². The van der Waals surface area contributed by atoms with E-state index in [1.165, 1.54) is 22.5 Å². The van der Waals surface area contributed by atoms with Gasteiger partial charge in [-0.05, 0) is 24.1 Å². The summed E-state index contributed by atoms with van der Waals surface area (Å²) < 4.78 is 0. The van der Waals surface area contributed by atoms with Gasteiger partial charge in [-0.25, -0.2) is 0 Å². The van der Waals surface area contributed by atoms with Crippen molar-refractivity contribution in [1.82, 2.24) is 0 Å².